The fourth-order valence-electron chi connectivity index (χ4n) is 4.42. The van der Waals surface area contributed by atoms with Gasteiger partial charge in [-0.3, -0.25) is 10.1 Å². The lowest BCUT2D eigenvalue weighted by Crippen LogP contribution is -2.51. The number of hydrogen-bond acceptors (Lipinski definition) is 3. The second-order valence-corrected chi connectivity index (χ2v) is 8.84. The molecule has 1 aromatic heterocycles. The van der Waals surface area contributed by atoms with E-state index in [-0.39, 0.29) is 16.8 Å². The summed E-state index contributed by atoms with van der Waals surface area (Å²) < 4.78 is 0. The molecule has 0 aliphatic heterocycles. The Labute approximate surface area is 178 Å². The lowest BCUT2D eigenvalue weighted by molar-refractivity contribution is 0.0612. The van der Waals surface area contributed by atoms with Crippen LogP contribution in [-0.4, -0.2) is 33.2 Å². The second kappa shape index (κ2) is 8.64. The summed E-state index contributed by atoms with van der Waals surface area (Å²) in [5.74, 6) is 0.0781. The molecule has 1 saturated carbocycles. The van der Waals surface area contributed by atoms with Crippen LogP contribution in [0.1, 0.15) is 48.7 Å². The van der Waals surface area contributed by atoms with Crippen molar-refractivity contribution >= 4 is 29.4 Å². The van der Waals surface area contributed by atoms with Crippen molar-refractivity contribution in [3.05, 3.63) is 71.9 Å². The van der Waals surface area contributed by atoms with E-state index in [0.29, 0.717) is 12.2 Å². The quantitative estimate of drug-likeness (QED) is 0.398. The third-order valence-electron chi connectivity index (χ3n) is 5.97. The van der Waals surface area contributed by atoms with E-state index in [1.807, 2.05) is 41.3 Å². The summed E-state index contributed by atoms with van der Waals surface area (Å²) in [6, 6.07) is 20.6. The van der Waals surface area contributed by atoms with Crippen molar-refractivity contribution in [2.45, 2.75) is 50.1 Å². The number of thiol groups is 1. The minimum Gasteiger partial charge on any atom is -0.351 e. The van der Waals surface area contributed by atoms with Gasteiger partial charge in [-0.2, -0.15) is 12.6 Å². The van der Waals surface area contributed by atoms with Crippen molar-refractivity contribution in [2.24, 2.45) is 0 Å². The van der Waals surface area contributed by atoms with Crippen molar-refractivity contribution in [1.82, 2.24) is 15.2 Å². The second-order valence-electron chi connectivity index (χ2n) is 7.98. The normalized spacial score (nSPS) is 21.9. The van der Waals surface area contributed by atoms with Crippen LogP contribution < -0.4 is 5.32 Å². The molecule has 0 spiro atoms. The highest BCUT2D eigenvalue weighted by molar-refractivity contribution is 7.81. The Kier molecular flexibility index (Phi) is 5.97. The summed E-state index contributed by atoms with van der Waals surface area (Å²) in [7, 11) is 0. The number of para-hydroxylation sites is 1. The van der Waals surface area contributed by atoms with Crippen LogP contribution in [0.5, 0.6) is 0 Å². The zero-order valence-electron chi connectivity index (χ0n) is 16.9. The number of amides is 1. The molecule has 4 rings (SSSR count). The molecule has 1 unspecified atom stereocenters. The van der Waals surface area contributed by atoms with Crippen molar-refractivity contribution in [2.75, 3.05) is 6.54 Å². The number of aromatic amines is 1. The number of aromatic nitrogens is 1. The van der Waals surface area contributed by atoms with Crippen LogP contribution >= 0.6 is 12.6 Å². The van der Waals surface area contributed by atoms with Crippen molar-refractivity contribution < 1.29 is 4.79 Å². The van der Waals surface area contributed by atoms with Gasteiger partial charge in [-0.15, -0.1) is 0 Å². The van der Waals surface area contributed by atoms with Gasteiger partial charge in [-0.25, -0.2) is 0 Å². The minimum atomic E-state index is -0.257. The van der Waals surface area contributed by atoms with E-state index < -0.39 is 0 Å². The van der Waals surface area contributed by atoms with Gasteiger partial charge in [0.2, 0.25) is 0 Å². The van der Waals surface area contributed by atoms with Gasteiger partial charge in [0.15, 0.2) is 0 Å². The zero-order valence-corrected chi connectivity index (χ0v) is 17.8. The number of H-pyrrole nitrogens is 1. The van der Waals surface area contributed by atoms with Crippen LogP contribution in [0.2, 0.25) is 0 Å². The first-order valence-electron chi connectivity index (χ1n) is 10.5. The molecule has 1 amide bonds. The van der Waals surface area contributed by atoms with E-state index in [1.165, 1.54) is 5.56 Å². The summed E-state index contributed by atoms with van der Waals surface area (Å²) in [5, 5.41) is 4.71. The fraction of sp³-hybridized carbons (Fsp3) is 0.375. The Balaban J connectivity index is 1.47. The average molecular weight is 408 g/mol. The highest BCUT2D eigenvalue weighted by atomic mass is 32.1. The van der Waals surface area contributed by atoms with E-state index in [1.54, 1.807) is 0 Å². The summed E-state index contributed by atoms with van der Waals surface area (Å²) in [6.45, 7) is 3.55. The third-order valence-corrected chi connectivity index (χ3v) is 6.53. The molecule has 1 aliphatic carbocycles. The van der Waals surface area contributed by atoms with Crippen molar-refractivity contribution in [3.8, 4) is 0 Å². The minimum absolute atomic E-state index is 0.0781. The molecule has 2 N–H and O–H groups in total. The van der Waals surface area contributed by atoms with Gasteiger partial charge in [0, 0.05) is 30.0 Å². The molecule has 2 atom stereocenters. The summed E-state index contributed by atoms with van der Waals surface area (Å²) in [5.41, 5.74) is 2.92. The van der Waals surface area contributed by atoms with Crippen molar-refractivity contribution in [3.63, 3.8) is 0 Å². The van der Waals surface area contributed by atoms with Gasteiger partial charge < -0.3 is 9.88 Å². The van der Waals surface area contributed by atoms with Gasteiger partial charge in [0.25, 0.3) is 5.91 Å². The molecule has 0 saturated heterocycles. The molecule has 4 nitrogen and oxygen atoms in total. The molecule has 2 aromatic carbocycles. The number of fused-ring (bicyclic) bond motifs is 1. The third kappa shape index (κ3) is 4.51. The highest BCUT2D eigenvalue weighted by Gasteiger charge is 2.37. The maximum Gasteiger partial charge on any atom is 0.270 e. The fourth-order valence-corrected chi connectivity index (χ4v) is 4.87. The van der Waals surface area contributed by atoms with Gasteiger partial charge in [-0.05, 0) is 50.3 Å². The Morgan fingerprint density at radius 2 is 1.97 bits per heavy atom. The Bertz CT molecular complexity index is 937. The van der Waals surface area contributed by atoms with Crippen LogP contribution in [0.3, 0.4) is 0 Å². The predicted octanol–water partition coefficient (Wildman–Crippen LogP) is 4.99. The zero-order chi connectivity index (χ0) is 20.3. The van der Waals surface area contributed by atoms with E-state index >= 15 is 0 Å². The van der Waals surface area contributed by atoms with Gasteiger partial charge in [0.1, 0.15) is 5.69 Å². The summed E-state index contributed by atoms with van der Waals surface area (Å²) >= 11 is 5.01. The monoisotopic (exact) mass is 407 g/mol. The van der Waals surface area contributed by atoms with Crippen molar-refractivity contribution in [1.29, 1.82) is 0 Å². The lowest BCUT2D eigenvalue weighted by atomic mass is 9.88. The summed E-state index contributed by atoms with van der Waals surface area (Å²) in [6.07, 6.45) is 3.95. The van der Waals surface area contributed by atoms with Crippen LogP contribution in [0.15, 0.2) is 60.7 Å². The van der Waals surface area contributed by atoms with Crippen LogP contribution in [0.4, 0.5) is 0 Å². The maximum atomic E-state index is 13.3. The molecule has 152 valence electrons. The van der Waals surface area contributed by atoms with Gasteiger partial charge in [0.05, 0.1) is 4.87 Å². The van der Waals surface area contributed by atoms with Gasteiger partial charge >= 0.3 is 0 Å². The molecule has 3 aromatic rings. The molecule has 1 fully saturated rings. The Hall–Kier alpha value is -2.24. The Morgan fingerprint density at radius 1 is 1.21 bits per heavy atom. The first-order valence-corrected chi connectivity index (χ1v) is 10.9. The topological polar surface area (TPSA) is 48.1 Å². The smallest absolute Gasteiger partial charge is 0.270 e. The first kappa shape index (κ1) is 20.0. The number of hydrogen-bond donors (Lipinski definition) is 3. The molecule has 5 heteroatoms. The summed E-state index contributed by atoms with van der Waals surface area (Å²) in [4.78, 5) is 18.3. The predicted molar refractivity (Wildman–Crippen MR) is 122 cm³/mol. The van der Waals surface area contributed by atoms with Crippen LogP contribution in [0, 0.1) is 0 Å². The average Bonchev–Trinajstić information content (AvgIpc) is 3.18. The molecular formula is C24H29N3OS. The molecule has 0 radical (unpaired) electrons. The molecule has 0 bridgehead atoms. The number of benzene rings is 2. The number of carbonyl (C=O) groups is 1. The molecule has 29 heavy (non-hydrogen) atoms. The standard InChI is InChI=1S/C24H29N3OS/c1-2-27(23(28)22-15-19-11-6-7-13-21(19)26-22)20-12-8-14-24(29,16-20)25-17-18-9-4-3-5-10-18/h3-7,9-11,13,15,20,25-26,29H,2,8,12,14,16-17H2,1H3/t20-,24?/m0/s1. The van der Waals surface area contributed by atoms with E-state index in [9.17, 15) is 4.79 Å². The maximum absolute atomic E-state index is 13.3. The molecular weight excluding hydrogens is 378 g/mol. The van der Waals surface area contributed by atoms with Crippen LogP contribution in [0.25, 0.3) is 10.9 Å². The lowest BCUT2D eigenvalue weighted by Gasteiger charge is -2.42. The SMILES string of the molecule is CCN(C(=O)c1cc2ccccc2[nH]1)[C@H]1CCCC(S)(NCc2ccccc2)C1. The number of nitrogens with one attached hydrogen (secondary N) is 2. The molecule has 1 aliphatic rings. The number of carbonyl (C=O) groups excluding carboxylic acids is 1. The number of rotatable bonds is 6. The largest absolute Gasteiger partial charge is 0.351 e. The number of nitrogens with zero attached hydrogens (tertiary/aromatic N) is 1. The van der Waals surface area contributed by atoms with Crippen LogP contribution in [-0.2, 0) is 6.54 Å². The first-order chi connectivity index (χ1) is 14.1. The van der Waals surface area contributed by atoms with E-state index in [4.69, 9.17) is 12.6 Å². The Morgan fingerprint density at radius 3 is 2.72 bits per heavy atom. The van der Waals surface area contributed by atoms with Gasteiger partial charge in [-0.1, -0.05) is 48.5 Å². The van der Waals surface area contributed by atoms with E-state index in [2.05, 4.69) is 41.5 Å². The molecule has 1 heterocycles. The van der Waals surface area contributed by atoms with E-state index in [0.717, 1.165) is 43.1 Å². The highest BCUT2D eigenvalue weighted by Crippen LogP contribution is 2.35.